The summed E-state index contributed by atoms with van der Waals surface area (Å²) in [5, 5.41) is 7.89. The molecule has 2 amide bonds. The van der Waals surface area contributed by atoms with Crippen molar-refractivity contribution in [2.24, 2.45) is 0 Å². The first-order valence-corrected chi connectivity index (χ1v) is 8.47. The van der Waals surface area contributed by atoms with Crippen LogP contribution in [-0.4, -0.2) is 28.1 Å². The summed E-state index contributed by atoms with van der Waals surface area (Å²) in [7, 11) is 1.50. The van der Waals surface area contributed by atoms with Gasteiger partial charge in [0, 0.05) is 18.0 Å². The summed E-state index contributed by atoms with van der Waals surface area (Å²) in [5.41, 5.74) is 0.573. The number of aryl methyl sites for hydroxylation is 2. The van der Waals surface area contributed by atoms with Crippen LogP contribution < -0.4 is 5.32 Å². The summed E-state index contributed by atoms with van der Waals surface area (Å²) < 4.78 is 42.9. The quantitative estimate of drug-likeness (QED) is 0.854. The smallest absolute Gasteiger partial charge is 0.361 e. The number of carbonyl (C=O) groups excluding carboxylic acids is 1. The molecule has 138 valence electrons. The van der Waals surface area contributed by atoms with Gasteiger partial charge in [-0.1, -0.05) is 12.1 Å². The number of nitrogens with one attached hydrogen (secondary N) is 1. The van der Waals surface area contributed by atoms with Crippen LogP contribution in [0, 0.1) is 13.8 Å². The SMILES string of the molecule is CCC(NC(=O)N(C)Cc1nc(C(F)(F)F)cs1)c1c(C)noc1C. The van der Waals surface area contributed by atoms with E-state index >= 15 is 0 Å². The number of rotatable bonds is 5. The fourth-order valence-electron chi connectivity index (χ4n) is 2.41. The molecular formula is C15H19F3N4O2S. The third-order valence-electron chi connectivity index (χ3n) is 3.70. The molecule has 1 N–H and O–H groups in total. The van der Waals surface area contributed by atoms with Crippen molar-refractivity contribution < 1.29 is 22.5 Å². The third kappa shape index (κ3) is 4.50. The molecule has 0 bridgehead atoms. The number of urea groups is 1. The van der Waals surface area contributed by atoms with Crippen molar-refractivity contribution in [2.75, 3.05) is 7.05 Å². The van der Waals surface area contributed by atoms with Crippen molar-refractivity contribution in [3.8, 4) is 0 Å². The minimum Gasteiger partial charge on any atom is -0.361 e. The third-order valence-corrected chi connectivity index (χ3v) is 4.54. The first kappa shape index (κ1) is 19.2. The monoisotopic (exact) mass is 376 g/mol. The number of aromatic nitrogens is 2. The largest absolute Gasteiger partial charge is 0.434 e. The summed E-state index contributed by atoms with van der Waals surface area (Å²) in [5.74, 6) is 0.627. The highest BCUT2D eigenvalue weighted by atomic mass is 32.1. The van der Waals surface area contributed by atoms with Gasteiger partial charge in [0.15, 0.2) is 5.69 Å². The molecule has 25 heavy (non-hydrogen) atoms. The van der Waals surface area contributed by atoms with Crippen LogP contribution in [0.4, 0.5) is 18.0 Å². The molecule has 0 aliphatic carbocycles. The summed E-state index contributed by atoms with van der Waals surface area (Å²) in [6.45, 7) is 5.46. The lowest BCUT2D eigenvalue weighted by atomic mass is 10.0. The van der Waals surface area contributed by atoms with Gasteiger partial charge in [-0.3, -0.25) is 0 Å². The second-order valence-corrected chi connectivity index (χ2v) is 6.57. The minimum absolute atomic E-state index is 0.00931. The fourth-order valence-corrected chi connectivity index (χ4v) is 3.27. The number of hydrogen-bond donors (Lipinski definition) is 1. The molecule has 10 heteroatoms. The van der Waals surface area contributed by atoms with Gasteiger partial charge in [0.05, 0.1) is 18.3 Å². The van der Waals surface area contributed by atoms with E-state index in [4.69, 9.17) is 4.52 Å². The Bertz CT molecular complexity index is 722. The van der Waals surface area contributed by atoms with Crippen molar-refractivity contribution in [3.63, 3.8) is 0 Å². The van der Waals surface area contributed by atoms with E-state index in [1.165, 1.54) is 11.9 Å². The highest BCUT2D eigenvalue weighted by Gasteiger charge is 2.34. The maximum absolute atomic E-state index is 12.6. The van der Waals surface area contributed by atoms with E-state index in [0.29, 0.717) is 17.9 Å². The number of nitrogens with zero attached hydrogens (tertiary/aromatic N) is 3. The lowest BCUT2D eigenvalue weighted by Gasteiger charge is -2.22. The predicted octanol–water partition coefficient (Wildman–Crippen LogP) is 4.06. The van der Waals surface area contributed by atoms with Crippen LogP contribution in [0.5, 0.6) is 0 Å². The van der Waals surface area contributed by atoms with Crippen LogP contribution in [0.3, 0.4) is 0 Å². The molecular weight excluding hydrogens is 357 g/mol. The number of thiazole rings is 1. The molecule has 1 unspecified atom stereocenters. The Balaban J connectivity index is 2.03. The second-order valence-electron chi connectivity index (χ2n) is 5.63. The molecule has 2 rings (SSSR count). The molecule has 0 saturated heterocycles. The predicted molar refractivity (Wildman–Crippen MR) is 86.1 cm³/mol. The highest BCUT2D eigenvalue weighted by molar-refractivity contribution is 7.09. The molecule has 0 aliphatic rings. The summed E-state index contributed by atoms with van der Waals surface area (Å²) >= 11 is 0.872. The highest BCUT2D eigenvalue weighted by Crippen LogP contribution is 2.30. The van der Waals surface area contributed by atoms with Gasteiger partial charge in [-0.15, -0.1) is 11.3 Å². The number of carbonyl (C=O) groups is 1. The summed E-state index contributed by atoms with van der Waals surface area (Å²) in [6.07, 6.45) is -3.86. The Kier molecular flexibility index (Phi) is 5.71. The van der Waals surface area contributed by atoms with Crippen molar-refractivity contribution >= 4 is 17.4 Å². The standard InChI is InChI=1S/C15H19F3N4O2S/c1-5-10(13-8(2)21-24-9(13)3)19-14(23)22(4)6-12-20-11(7-25-12)15(16,17)18/h7,10H,5-6H2,1-4H3,(H,19,23). The molecule has 0 aliphatic heterocycles. The number of hydrogen-bond acceptors (Lipinski definition) is 5. The van der Waals surface area contributed by atoms with Gasteiger partial charge in [-0.05, 0) is 20.3 Å². The maximum Gasteiger partial charge on any atom is 0.434 e. The maximum atomic E-state index is 12.6. The molecule has 2 aromatic rings. The molecule has 2 heterocycles. The van der Waals surface area contributed by atoms with Gasteiger partial charge in [-0.25, -0.2) is 9.78 Å². The van der Waals surface area contributed by atoms with E-state index in [1.807, 2.05) is 6.92 Å². The average molecular weight is 376 g/mol. The van der Waals surface area contributed by atoms with Gasteiger partial charge in [0.2, 0.25) is 0 Å². The Morgan fingerprint density at radius 2 is 2.12 bits per heavy atom. The lowest BCUT2D eigenvalue weighted by molar-refractivity contribution is -0.140. The molecule has 6 nitrogen and oxygen atoms in total. The lowest BCUT2D eigenvalue weighted by Crippen LogP contribution is -2.39. The van der Waals surface area contributed by atoms with Gasteiger partial charge in [0.1, 0.15) is 10.8 Å². The number of amides is 2. The van der Waals surface area contributed by atoms with Gasteiger partial charge >= 0.3 is 12.2 Å². The van der Waals surface area contributed by atoms with Crippen LogP contribution in [-0.2, 0) is 12.7 Å². The Morgan fingerprint density at radius 3 is 2.60 bits per heavy atom. The van der Waals surface area contributed by atoms with E-state index in [2.05, 4.69) is 15.5 Å². The van der Waals surface area contributed by atoms with Crippen molar-refractivity contribution in [2.45, 2.75) is 46.0 Å². The van der Waals surface area contributed by atoms with Gasteiger partial charge in [-0.2, -0.15) is 13.2 Å². The molecule has 0 fully saturated rings. The number of halogens is 3. The van der Waals surface area contributed by atoms with E-state index in [-0.39, 0.29) is 17.6 Å². The van der Waals surface area contributed by atoms with Crippen LogP contribution >= 0.6 is 11.3 Å². The first-order valence-electron chi connectivity index (χ1n) is 7.59. The van der Waals surface area contributed by atoms with Crippen LogP contribution in [0.25, 0.3) is 0 Å². The van der Waals surface area contributed by atoms with E-state index in [0.717, 1.165) is 22.3 Å². The van der Waals surface area contributed by atoms with Crippen molar-refractivity contribution in [1.82, 2.24) is 20.4 Å². The van der Waals surface area contributed by atoms with Gasteiger partial charge in [0.25, 0.3) is 0 Å². The Morgan fingerprint density at radius 1 is 1.44 bits per heavy atom. The zero-order chi connectivity index (χ0) is 18.8. The first-order chi connectivity index (χ1) is 11.6. The summed E-state index contributed by atoms with van der Waals surface area (Å²) in [6, 6.07) is -0.696. The van der Waals surface area contributed by atoms with E-state index in [1.54, 1.807) is 13.8 Å². The molecule has 0 saturated carbocycles. The Labute approximate surface area is 147 Å². The van der Waals surface area contributed by atoms with Crippen molar-refractivity contribution in [1.29, 1.82) is 0 Å². The van der Waals surface area contributed by atoms with Gasteiger partial charge < -0.3 is 14.7 Å². The molecule has 1 atom stereocenters. The minimum atomic E-state index is -4.48. The van der Waals surface area contributed by atoms with Crippen molar-refractivity contribution in [3.05, 3.63) is 33.1 Å². The van der Waals surface area contributed by atoms with Crippen LogP contribution in [0.1, 0.15) is 47.1 Å². The van der Waals surface area contributed by atoms with E-state index in [9.17, 15) is 18.0 Å². The topological polar surface area (TPSA) is 71.3 Å². The molecule has 0 spiro atoms. The van der Waals surface area contributed by atoms with E-state index < -0.39 is 17.9 Å². The fraction of sp³-hybridized carbons (Fsp3) is 0.533. The second kappa shape index (κ2) is 7.42. The number of alkyl halides is 3. The average Bonchev–Trinajstić information content (AvgIpc) is 3.12. The zero-order valence-corrected chi connectivity index (χ0v) is 15.1. The normalized spacial score (nSPS) is 12.9. The van der Waals surface area contributed by atoms with Crippen LogP contribution in [0.2, 0.25) is 0 Å². The molecule has 0 aromatic carbocycles. The summed E-state index contributed by atoms with van der Waals surface area (Å²) in [4.78, 5) is 17.2. The molecule has 2 aromatic heterocycles. The Hall–Kier alpha value is -2.10. The molecule has 0 radical (unpaired) electrons. The zero-order valence-electron chi connectivity index (χ0n) is 14.3. The van der Waals surface area contributed by atoms with Crippen LogP contribution in [0.15, 0.2) is 9.90 Å².